The molecule has 4 heteroatoms. The van der Waals surface area contributed by atoms with Crippen LogP contribution in [0.25, 0.3) is 0 Å². The molecule has 0 saturated carbocycles. The number of carbonyl (C=O) groups excluding carboxylic acids is 1. The van der Waals surface area contributed by atoms with E-state index < -0.39 is 0 Å². The SMILES string of the molecule is CCC(=O)Nc1cccc(NCc2cccc(Cl)c2)c1C. The fourth-order valence-corrected chi connectivity index (χ4v) is 2.26. The minimum absolute atomic E-state index is 0.0186. The zero-order valence-electron chi connectivity index (χ0n) is 12.2. The Hall–Kier alpha value is -2.00. The van der Waals surface area contributed by atoms with Crippen LogP contribution in [-0.4, -0.2) is 5.91 Å². The predicted molar refractivity (Wildman–Crippen MR) is 88.9 cm³/mol. The molecule has 0 spiro atoms. The van der Waals surface area contributed by atoms with E-state index in [9.17, 15) is 4.79 Å². The second kappa shape index (κ2) is 7.14. The van der Waals surface area contributed by atoms with Gasteiger partial charge in [-0.05, 0) is 42.3 Å². The Bertz CT molecular complexity index is 640. The topological polar surface area (TPSA) is 41.1 Å². The summed E-state index contributed by atoms with van der Waals surface area (Å²) in [6, 6.07) is 13.6. The third-order valence-electron chi connectivity index (χ3n) is 3.30. The Morgan fingerprint density at radius 3 is 2.57 bits per heavy atom. The molecule has 0 radical (unpaired) electrons. The first kappa shape index (κ1) is 15.4. The number of amides is 1. The van der Waals surface area contributed by atoms with Crippen molar-refractivity contribution in [3.8, 4) is 0 Å². The number of halogens is 1. The van der Waals surface area contributed by atoms with Crippen molar-refractivity contribution in [3.05, 3.63) is 58.6 Å². The van der Waals surface area contributed by atoms with Gasteiger partial charge in [0.1, 0.15) is 0 Å². The van der Waals surface area contributed by atoms with Crippen LogP contribution in [0.2, 0.25) is 5.02 Å². The molecule has 0 bridgehead atoms. The van der Waals surface area contributed by atoms with E-state index in [1.54, 1.807) is 0 Å². The van der Waals surface area contributed by atoms with Crippen LogP contribution in [0.3, 0.4) is 0 Å². The van der Waals surface area contributed by atoms with Gasteiger partial charge in [-0.3, -0.25) is 4.79 Å². The van der Waals surface area contributed by atoms with Gasteiger partial charge in [0.25, 0.3) is 0 Å². The Morgan fingerprint density at radius 1 is 1.14 bits per heavy atom. The Balaban J connectivity index is 2.10. The lowest BCUT2D eigenvalue weighted by atomic mass is 10.1. The first-order chi connectivity index (χ1) is 10.1. The van der Waals surface area contributed by atoms with Crippen molar-refractivity contribution >= 4 is 28.9 Å². The van der Waals surface area contributed by atoms with Crippen LogP contribution in [0.1, 0.15) is 24.5 Å². The highest BCUT2D eigenvalue weighted by atomic mass is 35.5. The molecule has 0 atom stereocenters. The van der Waals surface area contributed by atoms with Gasteiger partial charge < -0.3 is 10.6 Å². The van der Waals surface area contributed by atoms with Crippen molar-refractivity contribution in [1.29, 1.82) is 0 Å². The van der Waals surface area contributed by atoms with E-state index >= 15 is 0 Å². The summed E-state index contributed by atoms with van der Waals surface area (Å²) in [5.74, 6) is 0.0186. The largest absolute Gasteiger partial charge is 0.381 e. The maximum Gasteiger partial charge on any atom is 0.224 e. The van der Waals surface area contributed by atoms with Gasteiger partial charge in [-0.25, -0.2) is 0 Å². The molecular weight excluding hydrogens is 284 g/mol. The second-order valence-corrected chi connectivity index (χ2v) is 5.30. The highest BCUT2D eigenvalue weighted by molar-refractivity contribution is 6.30. The molecular formula is C17H19ClN2O. The quantitative estimate of drug-likeness (QED) is 0.847. The lowest BCUT2D eigenvalue weighted by Crippen LogP contribution is -2.11. The summed E-state index contributed by atoms with van der Waals surface area (Å²) in [4.78, 5) is 11.5. The minimum Gasteiger partial charge on any atom is -0.381 e. The highest BCUT2D eigenvalue weighted by Crippen LogP contribution is 2.24. The van der Waals surface area contributed by atoms with Crippen LogP contribution in [0, 0.1) is 6.92 Å². The van der Waals surface area contributed by atoms with Crippen molar-refractivity contribution in [2.75, 3.05) is 10.6 Å². The first-order valence-electron chi connectivity index (χ1n) is 6.98. The van der Waals surface area contributed by atoms with Crippen LogP contribution >= 0.6 is 11.6 Å². The third kappa shape index (κ3) is 4.23. The van der Waals surface area contributed by atoms with Crippen LogP contribution in [0.4, 0.5) is 11.4 Å². The lowest BCUT2D eigenvalue weighted by molar-refractivity contribution is -0.115. The molecule has 110 valence electrons. The van der Waals surface area contributed by atoms with E-state index in [1.807, 2.05) is 56.3 Å². The molecule has 0 unspecified atom stereocenters. The van der Waals surface area contributed by atoms with Gasteiger partial charge in [0.05, 0.1) is 0 Å². The minimum atomic E-state index is 0.0186. The number of benzene rings is 2. The summed E-state index contributed by atoms with van der Waals surface area (Å²) in [7, 11) is 0. The molecule has 0 aromatic heterocycles. The van der Waals surface area contributed by atoms with Crippen LogP contribution < -0.4 is 10.6 Å². The second-order valence-electron chi connectivity index (χ2n) is 4.86. The van der Waals surface area contributed by atoms with Gasteiger partial charge in [-0.15, -0.1) is 0 Å². The molecule has 2 aromatic rings. The summed E-state index contributed by atoms with van der Waals surface area (Å²) < 4.78 is 0. The fraction of sp³-hybridized carbons (Fsp3) is 0.235. The Labute approximate surface area is 130 Å². The number of carbonyl (C=O) groups is 1. The maximum absolute atomic E-state index is 11.5. The van der Waals surface area contributed by atoms with E-state index in [0.29, 0.717) is 13.0 Å². The zero-order chi connectivity index (χ0) is 15.2. The summed E-state index contributed by atoms with van der Waals surface area (Å²) in [5.41, 5.74) is 3.99. The number of anilines is 2. The summed E-state index contributed by atoms with van der Waals surface area (Å²) in [5, 5.41) is 7.02. The van der Waals surface area contributed by atoms with Gasteiger partial charge in [-0.2, -0.15) is 0 Å². The molecule has 0 aliphatic rings. The van der Waals surface area contributed by atoms with E-state index in [2.05, 4.69) is 10.6 Å². The Kier molecular flexibility index (Phi) is 5.23. The van der Waals surface area contributed by atoms with Crippen molar-refractivity contribution in [3.63, 3.8) is 0 Å². The van der Waals surface area contributed by atoms with Gasteiger partial charge in [0.15, 0.2) is 0 Å². The number of hydrogen-bond acceptors (Lipinski definition) is 2. The summed E-state index contributed by atoms with van der Waals surface area (Å²) in [6.07, 6.45) is 0.472. The average molecular weight is 303 g/mol. The lowest BCUT2D eigenvalue weighted by Gasteiger charge is -2.14. The zero-order valence-corrected chi connectivity index (χ0v) is 13.0. The summed E-state index contributed by atoms with van der Waals surface area (Å²) >= 11 is 5.98. The summed E-state index contributed by atoms with van der Waals surface area (Å²) in [6.45, 7) is 4.52. The van der Waals surface area contributed by atoms with E-state index in [1.165, 1.54) is 0 Å². The predicted octanol–water partition coefficient (Wildman–Crippen LogP) is 4.61. The molecule has 2 N–H and O–H groups in total. The van der Waals surface area contributed by atoms with E-state index in [4.69, 9.17) is 11.6 Å². The van der Waals surface area contributed by atoms with Crippen LogP contribution in [0.15, 0.2) is 42.5 Å². The van der Waals surface area contributed by atoms with Crippen molar-refractivity contribution in [2.45, 2.75) is 26.8 Å². The molecule has 21 heavy (non-hydrogen) atoms. The Morgan fingerprint density at radius 2 is 1.86 bits per heavy atom. The number of hydrogen-bond donors (Lipinski definition) is 2. The molecule has 0 aliphatic carbocycles. The molecule has 0 saturated heterocycles. The van der Waals surface area contributed by atoms with Crippen LogP contribution in [0.5, 0.6) is 0 Å². The van der Waals surface area contributed by atoms with E-state index in [-0.39, 0.29) is 5.91 Å². The fourth-order valence-electron chi connectivity index (χ4n) is 2.05. The monoisotopic (exact) mass is 302 g/mol. The standard InChI is InChI=1S/C17H19ClN2O/c1-3-17(21)20-16-9-5-8-15(12(16)2)19-11-13-6-4-7-14(18)10-13/h4-10,19H,3,11H2,1-2H3,(H,20,21). The number of nitrogens with one attached hydrogen (secondary N) is 2. The normalized spacial score (nSPS) is 10.2. The van der Waals surface area contributed by atoms with E-state index in [0.717, 1.165) is 27.5 Å². The molecule has 0 aliphatic heterocycles. The maximum atomic E-state index is 11.5. The van der Waals surface area contributed by atoms with Crippen molar-refractivity contribution < 1.29 is 4.79 Å². The molecule has 0 fully saturated rings. The molecule has 3 nitrogen and oxygen atoms in total. The molecule has 2 rings (SSSR count). The number of rotatable bonds is 5. The smallest absolute Gasteiger partial charge is 0.224 e. The van der Waals surface area contributed by atoms with Crippen LogP contribution in [-0.2, 0) is 11.3 Å². The highest BCUT2D eigenvalue weighted by Gasteiger charge is 2.06. The van der Waals surface area contributed by atoms with Gasteiger partial charge in [0.2, 0.25) is 5.91 Å². The van der Waals surface area contributed by atoms with Crippen molar-refractivity contribution in [2.24, 2.45) is 0 Å². The van der Waals surface area contributed by atoms with Gasteiger partial charge in [0, 0.05) is 29.4 Å². The average Bonchev–Trinajstić information content (AvgIpc) is 2.48. The molecule has 1 amide bonds. The molecule has 0 heterocycles. The van der Waals surface area contributed by atoms with Gasteiger partial charge >= 0.3 is 0 Å². The van der Waals surface area contributed by atoms with Gasteiger partial charge in [-0.1, -0.05) is 36.7 Å². The molecule has 2 aromatic carbocycles. The third-order valence-corrected chi connectivity index (χ3v) is 3.54. The first-order valence-corrected chi connectivity index (χ1v) is 7.35. The van der Waals surface area contributed by atoms with Crippen molar-refractivity contribution in [1.82, 2.24) is 0 Å².